The maximum atomic E-state index is 13.5. The molecule has 5 rings (SSSR count). The van der Waals surface area contributed by atoms with Crippen molar-refractivity contribution in [1.29, 1.82) is 0 Å². The Morgan fingerprint density at radius 2 is 1.83 bits per heavy atom. The fraction of sp³-hybridized carbons (Fsp3) is 0.333. The summed E-state index contributed by atoms with van der Waals surface area (Å²) in [5, 5.41) is 10.5. The van der Waals surface area contributed by atoms with Crippen molar-refractivity contribution >= 4 is 22.6 Å². The third kappa shape index (κ3) is 4.21. The zero-order chi connectivity index (χ0) is 25.6. The van der Waals surface area contributed by atoms with E-state index in [9.17, 15) is 19.5 Å². The summed E-state index contributed by atoms with van der Waals surface area (Å²) in [6.45, 7) is 5.99. The molecule has 1 aliphatic rings. The first-order chi connectivity index (χ1) is 17.2. The number of furan rings is 1. The number of carboxylic acid groups (broad SMARTS) is 1. The Morgan fingerprint density at radius 3 is 2.47 bits per heavy atom. The molecular formula is C27H28N4O5. The number of benzene rings is 2. The Bertz CT molecular complexity index is 1660. The van der Waals surface area contributed by atoms with Crippen LogP contribution in [0.3, 0.4) is 0 Å². The molecule has 0 spiro atoms. The van der Waals surface area contributed by atoms with E-state index in [2.05, 4.69) is 9.98 Å². The fourth-order valence-corrected chi connectivity index (χ4v) is 4.48. The zero-order valence-electron chi connectivity index (χ0n) is 20.5. The number of carboxylic acids is 1. The first-order valence-corrected chi connectivity index (χ1v) is 12.0. The predicted octanol–water partition coefficient (Wildman–Crippen LogP) is 3.41. The number of aromatic nitrogens is 3. The van der Waals surface area contributed by atoms with Gasteiger partial charge < -0.3 is 9.52 Å². The Labute approximate surface area is 206 Å². The fourth-order valence-electron chi connectivity index (χ4n) is 4.48. The number of aliphatic carboxylic acids is 1. The molecule has 186 valence electrons. The second-order valence-electron chi connectivity index (χ2n) is 9.58. The second-order valence-corrected chi connectivity index (χ2v) is 9.58. The van der Waals surface area contributed by atoms with Crippen molar-refractivity contribution in [2.75, 3.05) is 0 Å². The van der Waals surface area contributed by atoms with Crippen LogP contribution in [0.5, 0.6) is 0 Å². The van der Waals surface area contributed by atoms with Gasteiger partial charge in [0.2, 0.25) is 5.62 Å². The lowest BCUT2D eigenvalue weighted by Gasteiger charge is -2.14. The van der Waals surface area contributed by atoms with Crippen LogP contribution < -0.4 is 17.0 Å². The normalized spacial score (nSPS) is 14.9. The van der Waals surface area contributed by atoms with Crippen molar-refractivity contribution in [2.24, 2.45) is 10.4 Å². The monoisotopic (exact) mass is 488 g/mol. The molecule has 0 aliphatic heterocycles. The quantitative estimate of drug-likeness (QED) is 0.413. The van der Waals surface area contributed by atoms with E-state index < -0.39 is 22.8 Å². The van der Waals surface area contributed by atoms with Crippen LogP contribution in [0.15, 0.2) is 61.5 Å². The minimum absolute atomic E-state index is 0.0956. The first kappa shape index (κ1) is 23.6. The number of aryl methyl sites for hydroxylation is 3. The number of hydrogen-bond acceptors (Lipinski definition) is 5. The highest BCUT2D eigenvalue weighted by Crippen LogP contribution is 2.46. The van der Waals surface area contributed by atoms with Gasteiger partial charge in [-0.25, -0.2) is 19.1 Å². The SMILES string of the molecule is CCc1oc2ccc(/N=c3\[nH]c(=O)n(CC4(C(=O)O)CC4)c(=O)n3Cc3ccc(C)cc3)cc2c1C. The minimum atomic E-state index is -1.07. The van der Waals surface area contributed by atoms with Gasteiger partial charge in [0.25, 0.3) is 0 Å². The molecule has 1 saturated carbocycles. The van der Waals surface area contributed by atoms with Gasteiger partial charge in [0.15, 0.2) is 0 Å². The average molecular weight is 489 g/mol. The van der Waals surface area contributed by atoms with Crippen molar-refractivity contribution in [3.05, 3.63) is 91.5 Å². The highest BCUT2D eigenvalue weighted by Gasteiger charge is 2.51. The molecule has 36 heavy (non-hydrogen) atoms. The topological polar surface area (TPSA) is 123 Å². The van der Waals surface area contributed by atoms with Gasteiger partial charge in [-0.05, 0) is 56.0 Å². The van der Waals surface area contributed by atoms with Crippen LogP contribution in [-0.4, -0.2) is 25.2 Å². The van der Waals surface area contributed by atoms with Crippen LogP contribution in [0.25, 0.3) is 11.0 Å². The van der Waals surface area contributed by atoms with E-state index in [0.29, 0.717) is 18.5 Å². The lowest BCUT2D eigenvalue weighted by Crippen LogP contribution is -2.51. The molecule has 0 atom stereocenters. The summed E-state index contributed by atoms with van der Waals surface area (Å²) in [5.74, 6) is -0.0945. The molecule has 0 amide bonds. The molecule has 2 heterocycles. The van der Waals surface area contributed by atoms with E-state index in [4.69, 9.17) is 4.42 Å². The molecule has 2 aromatic heterocycles. The van der Waals surface area contributed by atoms with Crippen LogP contribution >= 0.6 is 0 Å². The zero-order valence-corrected chi connectivity index (χ0v) is 20.5. The van der Waals surface area contributed by atoms with Crippen molar-refractivity contribution < 1.29 is 14.3 Å². The van der Waals surface area contributed by atoms with E-state index in [1.165, 1.54) is 4.57 Å². The molecule has 2 aromatic carbocycles. The van der Waals surface area contributed by atoms with Gasteiger partial charge in [-0.3, -0.25) is 14.3 Å². The molecule has 1 fully saturated rings. The highest BCUT2D eigenvalue weighted by atomic mass is 16.4. The number of H-pyrrole nitrogens is 1. The summed E-state index contributed by atoms with van der Waals surface area (Å²) >= 11 is 0. The number of nitrogens with one attached hydrogen (secondary N) is 1. The maximum absolute atomic E-state index is 13.5. The van der Waals surface area contributed by atoms with Crippen LogP contribution in [0.1, 0.15) is 42.2 Å². The summed E-state index contributed by atoms with van der Waals surface area (Å²) in [4.78, 5) is 45.6. The number of nitrogens with zero attached hydrogens (tertiary/aromatic N) is 3. The predicted molar refractivity (Wildman–Crippen MR) is 134 cm³/mol. The maximum Gasteiger partial charge on any atom is 0.335 e. The lowest BCUT2D eigenvalue weighted by atomic mass is 10.1. The van der Waals surface area contributed by atoms with E-state index in [1.807, 2.05) is 57.2 Å². The summed E-state index contributed by atoms with van der Waals surface area (Å²) in [6, 6.07) is 13.2. The molecule has 0 radical (unpaired) electrons. The first-order valence-electron chi connectivity index (χ1n) is 12.0. The van der Waals surface area contributed by atoms with Crippen LogP contribution in [0.2, 0.25) is 0 Å². The minimum Gasteiger partial charge on any atom is -0.481 e. The third-order valence-corrected chi connectivity index (χ3v) is 6.99. The van der Waals surface area contributed by atoms with E-state index in [1.54, 1.807) is 6.07 Å². The Morgan fingerprint density at radius 1 is 1.11 bits per heavy atom. The Balaban J connectivity index is 1.67. The van der Waals surface area contributed by atoms with E-state index >= 15 is 0 Å². The summed E-state index contributed by atoms with van der Waals surface area (Å²) in [5.41, 5.74) is 2.03. The smallest absolute Gasteiger partial charge is 0.335 e. The van der Waals surface area contributed by atoms with Crippen LogP contribution in [-0.2, 0) is 24.3 Å². The van der Waals surface area contributed by atoms with Crippen molar-refractivity contribution in [3.63, 3.8) is 0 Å². The number of carbonyl (C=O) groups is 1. The molecule has 4 aromatic rings. The Hall–Kier alpha value is -4.14. The highest BCUT2D eigenvalue weighted by molar-refractivity contribution is 5.84. The molecule has 9 heteroatoms. The molecule has 0 saturated heterocycles. The molecular weight excluding hydrogens is 460 g/mol. The standard InChI is InChI=1S/C27H28N4O5/c1-4-21-17(3)20-13-19(9-10-22(20)36-21)28-24-29-25(34)31(15-27(11-12-27)23(32)33)26(35)30(24)14-18-7-5-16(2)6-8-18/h5-10,13H,4,11-12,14-15H2,1-3H3,(H,32,33)(H,28,29,34). The Kier molecular flexibility index (Phi) is 5.78. The number of aromatic amines is 1. The van der Waals surface area contributed by atoms with Crippen molar-refractivity contribution in [1.82, 2.24) is 14.1 Å². The summed E-state index contributed by atoms with van der Waals surface area (Å²) in [6.07, 6.45) is 1.64. The molecule has 1 aliphatic carbocycles. The molecule has 0 unspecified atom stereocenters. The number of hydrogen-bond donors (Lipinski definition) is 2. The summed E-state index contributed by atoms with van der Waals surface area (Å²) < 4.78 is 8.25. The molecule has 2 N–H and O–H groups in total. The second kappa shape index (κ2) is 8.82. The van der Waals surface area contributed by atoms with Gasteiger partial charge in [0, 0.05) is 18.4 Å². The van der Waals surface area contributed by atoms with E-state index in [0.717, 1.165) is 44.4 Å². The van der Waals surface area contributed by atoms with Crippen LogP contribution in [0, 0.1) is 19.3 Å². The van der Waals surface area contributed by atoms with Crippen molar-refractivity contribution in [2.45, 2.75) is 53.1 Å². The van der Waals surface area contributed by atoms with Gasteiger partial charge >= 0.3 is 17.3 Å². The van der Waals surface area contributed by atoms with Gasteiger partial charge in [-0.1, -0.05) is 36.8 Å². The van der Waals surface area contributed by atoms with Crippen LogP contribution in [0.4, 0.5) is 5.69 Å². The largest absolute Gasteiger partial charge is 0.481 e. The van der Waals surface area contributed by atoms with Gasteiger partial charge in [-0.2, -0.15) is 0 Å². The van der Waals surface area contributed by atoms with E-state index in [-0.39, 0.29) is 18.7 Å². The third-order valence-electron chi connectivity index (χ3n) is 6.99. The van der Waals surface area contributed by atoms with Crippen molar-refractivity contribution in [3.8, 4) is 0 Å². The summed E-state index contributed by atoms with van der Waals surface area (Å²) in [7, 11) is 0. The number of rotatable bonds is 7. The van der Waals surface area contributed by atoms with Gasteiger partial charge in [0.05, 0.1) is 17.6 Å². The number of fused-ring (bicyclic) bond motifs is 1. The van der Waals surface area contributed by atoms with Gasteiger partial charge in [-0.15, -0.1) is 0 Å². The van der Waals surface area contributed by atoms with Gasteiger partial charge in [0.1, 0.15) is 11.3 Å². The average Bonchev–Trinajstić information content (AvgIpc) is 3.58. The molecule has 0 bridgehead atoms. The molecule has 9 nitrogen and oxygen atoms in total. The lowest BCUT2D eigenvalue weighted by molar-refractivity contribution is -0.144.